The number of fused-ring (bicyclic) bond motifs is 7. The van der Waals surface area contributed by atoms with Crippen LogP contribution in [0.5, 0.6) is 0 Å². The van der Waals surface area contributed by atoms with E-state index >= 15 is 0 Å². The molecule has 0 aliphatic carbocycles. The Morgan fingerprint density at radius 2 is 0.867 bits per heavy atom. The predicted molar refractivity (Wildman–Crippen MR) is 123 cm³/mol. The number of rotatable bonds is 0. The molecule has 6 rings (SSSR count). The smallest absolute Gasteiger partial charge is 0.125 e. The summed E-state index contributed by atoms with van der Waals surface area (Å²) in [6.07, 6.45) is 0. The van der Waals surface area contributed by atoms with E-state index in [1.165, 1.54) is 12.1 Å². The molecule has 0 radical (unpaired) electrons. The lowest BCUT2D eigenvalue weighted by molar-refractivity contribution is 0.628. The maximum absolute atomic E-state index is 13.7. The first-order valence-electron chi connectivity index (χ1n) is 10.2. The molecule has 0 bridgehead atoms. The highest BCUT2D eigenvalue weighted by molar-refractivity contribution is 6.17. The van der Waals surface area contributed by atoms with Crippen LogP contribution in [0.4, 0.5) is 8.78 Å². The Morgan fingerprint density at radius 1 is 0.500 bits per heavy atom. The van der Waals surface area contributed by atoms with Crippen LogP contribution in [0.2, 0.25) is 0 Å². The fourth-order valence-electron chi connectivity index (χ4n) is 4.59. The second-order valence-electron chi connectivity index (χ2n) is 7.53. The van der Waals surface area contributed by atoms with Gasteiger partial charge in [-0.1, -0.05) is 13.8 Å². The molecule has 30 heavy (non-hydrogen) atoms. The lowest BCUT2D eigenvalue weighted by Crippen LogP contribution is -1.88. The number of nitrogens with zero attached hydrogens (tertiary/aromatic N) is 2. The van der Waals surface area contributed by atoms with Crippen molar-refractivity contribution in [2.24, 2.45) is 14.1 Å². The summed E-state index contributed by atoms with van der Waals surface area (Å²) in [7, 11) is 3.93. The van der Waals surface area contributed by atoms with Crippen LogP contribution >= 0.6 is 0 Å². The standard InChI is InChI=1S/C24H16F2N2.C2H6/c1-27-21-9-13-8-20-18-6-4-16(26)12-24(18)28(2)22(20)10-14(13)7-19(21)17-5-3-15(25)11-23(17)27;1-2/h3-12H,1-2H3;1-2H3. The Morgan fingerprint density at radius 3 is 1.27 bits per heavy atom. The average Bonchev–Trinajstić information content (AvgIpc) is 3.17. The zero-order chi connectivity index (χ0) is 21.2. The van der Waals surface area contributed by atoms with Crippen LogP contribution in [0.25, 0.3) is 54.4 Å². The molecule has 0 amide bonds. The summed E-state index contributed by atoms with van der Waals surface area (Å²) in [5, 5.41) is 6.52. The van der Waals surface area contributed by atoms with Crippen molar-refractivity contribution in [2.75, 3.05) is 0 Å². The van der Waals surface area contributed by atoms with Gasteiger partial charge in [-0.25, -0.2) is 8.78 Å². The van der Waals surface area contributed by atoms with Crippen molar-refractivity contribution in [1.29, 1.82) is 0 Å². The van der Waals surface area contributed by atoms with Crippen molar-refractivity contribution >= 4 is 54.4 Å². The Kier molecular flexibility index (Phi) is 4.07. The summed E-state index contributed by atoms with van der Waals surface area (Å²) in [5.74, 6) is -0.459. The summed E-state index contributed by atoms with van der Waals surface area (Å²) in [6.45, 7) is 4.00. The van der Waals surface area contributed by atoms with E-state index in [1.54, 1.807) is 12.1 Å². The van der Waals surface area contributed by atoms with Gasteiger partial charge in [-0.15, -0.1) is 0 Å². The molecule has 0 spiro atoms. The first-order chi connectivity index (χ1) is 14.5. The highest BCUT2D eigenvalue weighted by atomic mass is 19.1. The molecule has 150 valence electrons. The largest absolute Gasteiger partial charge is 0.344 e. The monoisotopic (exact) mass is 400 g/mol. The number of halogens is 2. The topological polar surface area (TPSA) is 9.86 Å². The molecule has 0 saturated carbocycles. The van der Waals surface area contributed by atoms with Crippen molar-refractivity contribution in [3.8, 4) is 0 Å². The predicted octanol–water partition coefficient (Wildman–Crippen LogP) is 7.43. The Bertz CT molecular complexity index is 1480. The van der Waals surface area contributed by atoms with Crippen LogP contribution in [-0.2, 0) is 14.1 Å². The van der Waals surface area contributed by atoms with Gasteiger partial charge in [0.2, 0.25) is 0 Å². The molecular formula is C26H22F2N2. The normalized spacial score (nSPS) is 11.7. The zero-order valence-corrected chi connectivity index (χ0v) is 17.4. The van der Waals surface area contributed by atoms with Gasteiger partial charge in [-0.05, 0) is 71.4 Å². The second-order valence-corrected chi connectivity index (χ2v) is 7.53. The van der Waals surface area contributed by atoms with E-state index in [-0.39, 0.29) is 11.6 Å². The lowest BCUT2D eigenvalue weighted by atomic mass is 10.0. The van der Waals surface area contributed by atoms with Crippen LogP contribution in [-0.4, -0.2) is 9.13 Å². The third-order valence-electron chi connectivity index (χ3n) is 6.01. The molecular weight excluding hydrogens is 378 g/mol. The second kappa shape index (κ2) is 6.56. The molecule has 0 fully saturated rings. The highest BCUT2D eigenvalue weighted by Crippen LogP contribution is 2.36. The van der Waals surface area contributed by atoms with E-state index in [0.29, 0.717) is 0 Å². The van der Waals surface area contributed by atoms with Crippen LogP contribution in [0.1, 0.15) is 13.8 Å². The summed E-state index contributed by atoms with van der Waals surface area (Å²) in [4.78, 5) is 0. The fraction of sp³-hybridized carbons (Fsp3) is 0.154. The molecule has 4 heteroatoms. The number of hydrogen-bond donors (Lipinski definition) is 0. The highest BCUT2D eigenvalue weighted by Gasteiger charge is 2.14. The van der Waals surface area contributed by atoms with Crippen molar-refractivity contribution < 1.29 is 8.78 Å². The van der Waals surface area contributed by atoms with Gasteiger partial charge in [0.15, 0.2) is 0 Å². The van der Waals surface area contributed by atoms with Crippen molar-refractivity contribution in [3.05, 3.63) is 72.3 Å². The fourth-order valence-corrected chi connectivity index (χ4v) is 4.59. The Labute approximate surface area is 172 Å². The average molecular weight is 400 g/mol. The first-order valence-corrected chi connectivity index (χ1v) is 10.2. The molecule has 0 atom stereocenters. The van der Waals surface area contributed by atoms with Crippen molar-refractivity contribution in [2.45, 2.75) is 13.8 Å². The van der Waals surface area contributed by atoms with E-state index in [2.05, 4.69) is 24.3 Å². The Balaban J connectivity index is 0.000000937. The SMILES string of the molecule is CC.Cn1c2cc(F)ccc2c2cc3cc4c(cc3cc21)c1ccc(F)cc1n4C. The van der Waals surface area contributed by atoms with Crippen molar-refractivity contribution in [1.82, 2.24) is 9.13 Å². The molecule has 0 aliphatic heterocycles. The van der Waals surface area contributed by atoms with E-state index in [9.17, 15) is 8.78 Å². The van der Waals surface area contributed by atoms with Crippen LogP contribution in [0, 0.1) is 11.6 Å². The quantitative estimate of drug-likeness (QED) is 0.251. The minimum Gasteiger partial charge on any atom is -0.344 e. The van der Waals surface area contributed by atoms with Crippen molar-refractivity contribution in [3.63, 3.8) is 0 Å². The summed E-state index contributed by atoms with van der Waals surface area (Å²) >= 11 is 0. The summed E-state index contributed by atoms with van der Waals surface area (Å²) in [6, 6.07) is 18.5. The molecule has 6 aromatic rings. The van der Waals surface area contributed by atoms with Crippen LogP contribution in [0.3, 0.4) is 0 Å². The molecule has 0 aliphatic rings. The van der Waals surface area contributed by atoms with Gasteiger partial charge in [0.25, 0.3) is 0 Å². The summed E-state index contributed by atoms with van der Waals surface area (Å²) < 4.78 is 31.6. The first kappa shape index (κ1) is 18.6. The molecule has 4 aromatic carbocycles. The molecule has 0 N–H and O–H groups in total. The van der Waals surface area contributed by atoms with Gasteiger partial charge < -0.3 is 9.13 Å². The van der Waals surface area contributed by atoms with E-state index < -0.39 is 0 Å². The third kappa shape index (κ3) is 2.46. The number of benzene rings is 4. The zero-order valence-electron chi connectivity index (χ0n) is 17.4. The maximum atomic E-state index is 13.7. The van der Waals surface area contributed by atoms with Gasteiger partial charge in [-0.2, -0.15) is 0 Å². The summed E-state index contributed by atoms with van der Waals surface area (Å²) in [5.41, 5.74) is 3.91. The molecule has 2 nitrogen and oxygen atoms in total. The third-order valence-corrected chi connectivity index (χ3v) is 6.01. The lowest BCUT2D eigenvalue weighted by Gasteiger charge is -2.04. The molecule has 2 aromatic heterocycles. The van der Waals surface area contributed by atoms with Gasteiger partial charge in [0, 0.05) is 46.7 Å². The molecule has 2 heterocycles. The minimum absolute atomic E-state index is 0.229. The maximum Gasteiger partial charge on any atom is 0.125 e. The van der Waals surface area contributed by atoms with Gasteiger partial charge in [0.1, 0.15) is 11.6 Å². The number of aryl methyl sites for hydroxylation is 2. The molecule has 0 unspecified atom stereocenters. The number of hydrogen-bond acceptors (Lipinski definition) is 0. The van der Waals surface area contributed by atoms with Gasteiger partial charge in [0.05, 0.1) is 11.0 Å². The molecule has 0 saturated heterocycles. The van der Waals surface area contributed by atoms with Crippen LogP contribution in [0.15, 0.2) is 60.7 Å². The van der Waals surface area contributed by atoms with E-state index in [4.69, 9.17) is 0 Å². The van der Waals surface area contributed by atoms with Gasteiger partial charge >= 0.3 is 0 Å². The van der Waals surface area contributed by atoms with Gasteiger partial charge in [-0.3, -0.25) is 0 Å². The Hall–Kier alpha value is -3.40. The van der Waals surface area contributed by atoms with Crippen LogP contribution < -0.4 is 0 Å². The van der Waals surface area contributed by atoms with E-state index in [0.717, 1.165) is 54.4 Å². The number of aromatic nitrogens is 2. The minimum atomic E-state index is -0.229. The van der Waals surface area contributed by atoms with E-state index in [1.807, 2.05) is 49.2 Å².